The van der Waals surface area contributed by atoms with Crippen LogP contribution >= 0.6 is 7.29 Å². The third-order valence-corrected chi connectivity index (χ3v) is 8.11. The molecule has 4 nitrogen and oxygen atoms in total. The summed E-state index contributed by atoms with van der Waals surface area (Å²) in [5, 5.41) is 1.54. The fourth-order valence-electron chi connectivity index (χ4n) is 3.74. The van der Waals surface area contributed by atoms with Crippen LogP contribution in [-0.4, -0.2) is 13.1 Å². The van der Waals surface area contributed by atoms with Crippen molar-refractivity contribution in [3.05, 3.63) is 90.5 Å². The fourth-order valence-corrected chi connectivity index (χ4v) is 7.00. The maximum atomic E-state index is 14.6. The van der Waals surface area contributed by atoms with Gasteiger partial charge in [0.15, 0.2) is 0 Å². The Morgan fingerprint density at radius 1 is 0.926 bits per heavy atom. The molecular formula is C22H20NO3P. The van der Waals surface area contributed by atoms with E-state index in [4.69, 9.17) is 4.74 Å². The Morgan fingerprint density at radius 3 is 2.19 bits per heavy atom. The molecule has 136 valence electrons. The molecular weight excluding hydrogens is 357 g/mol. The number of benzene rings is 3. The van der Waals surface area contributed by atoms with Gasteiger partial charge in [-0.3, -0.25) is 9.36 Å². The summed E-state index contributed by atoms with van der Waals surface area (Å²) in [6, 6.07) is 26.5. The minimum Gasteiger partial charge on any atom is -0.469 e. The third-order valence-electron chi connectivity index (χ3n) is 4.94. The van der Waals surface area contributed by atoms with Gasteiger partial charge in [-0.1, -0.05) is 54.6 Å². The maximum Gasteiger partial charge on any atom is 0.307 e. The van der Waals surface area contributed by atoms with Crippen molar-refractivity contribution in [2.75, 3.05) is 11.8 Å². The average molecular weight is 377 g/mol. The zero-order chi connectivity index (χ0) is 18.9. The first-order valence-corrected chi connectivity index (χ1v) is 10.5. The molecule has 1 aliphatic heterocycles. The van der Waals surface area contributed by atoms with E-state index < -0.39 is 7.29 Å². The molecule has 3 aromatic rings. The Balaban J connectivity index is 1.98. The van der Waals surface area contributed by atoms with Crippen LogP contribution in [-0.2, 0) is 14.1 Å². The minimum absolute atomic E-state index is 0.138. The van der Waals surface area contributed by atoms with Gasteiger partial charge in [-0.2, -0.15) is 0 Å². The van der Waals surface area contributed by atoms with E-state index in [-0.39, 0.29) is 18.4 Å². The quantitative estimate of drug-likeness (QED) is 0.509. The lowest BCUT2D eigenvalue weighted by atomic mass is 10.0. The number of para-hydroxylation sites is 1. The van der Waals surface area contributed by atoms with Crippen LogP contribution in [0.25, 0.3) is 0 Å². The summed E-state index contributed by atoms with van der Waals surface area (Å²) >= 11 is 0. The summed E-state index contributed by atoms with van der Waals surface area (Å²) in [5.41, 5.74) is 1.74. The number of carbonyl (C=O) groups excluding carboxylic acids is 1. The van der Waals surface area contributed by atoms with Gasteiger partial charge in [-0.15, -0.1) is 0 Å². The van der Waals surface area contributed by atoms with Gasteiger partial charge in [-0.25, -0.2) is 0 Å². The lowest BCUT2D eigenvalue weighted by Crippen LogP contribution is -2.28. The van der Waals surface area contributed by atoms with Crippen molar-refractivity contribution in [3.8, 4) is 0 Å². The SMILES string of the molecule is COC(=O)CC1c2ccccc2P(=O)(c2ccccc2)N1c1ccccc1. The second kappa shape index (κ2) is 7.05. The maximum absolute atomic E-state index is 14.6. The highest BCUT2D eigenvalue weighted by molar-refractivity contribution is 7.80. The van der Waals surface area contributed by atoms with Crippen molar-refractivity contribution in [2.45, 2.75) is 12.5 Å². The van der Waals surface area contributed by atoms with Gasteiger partial charge >= 0.3 is 5.97 Å². The normalized spacial score (nSPS) is 20.9. The molecule has 2 atom stereocenters. The van der Waals surface area contributed by atoms with Crippen LogP contribution in [0.15, 0.2) is 84.9 Å². The second-order valence-corrected chi connectivity index (χ2v) is 9.03. The molecule has 27 heavy (non-hydrogen) atoms. The number of carbonyl (C=O) groups is 1. The Labute approximate surface area is 158 Å². The van der Waals surface area contributed by atoms with Crippen LogP contribution in [0.4, 0.5) is 5.69 Å². The lowest BCUT2D eigenvalue weighted by Gasteiger charge is -2.32. The molecule has 5 heteroatoms. The highest BCUT2D eigenvalue weighted by atomic mass is 31.2. The van der Waals surface area contributed by atoms with Crippen LogP contribution in [0.5, 0.6) is 0 Å². The molecule has 1 heterocycles. The molecule has 3 aromatic carbocycles. The molecule has 0 amide bonds. The van der Waals surface area contributed by atoms with E-state index in [1.165, 1.54) is 7.11 Å². The fraction of sp³-hybridized carbons (Fsp3) is 0.136. The Bertz CT molecular complexity index is 1000. The third kappa shape index (κ3) is 2.87. The molecule has 2 unspecified atom stereocenters. The summed E-state index contributed by atoms with van der Waals surface area (Å²) in [7, 11) is -1.76. The van der Waals surface area contributed by atoms with Crippen molar-refractivity contribution < 1.29 is 14.1 Å². The Hall–Kier alpha value is -2.84. The number of esters is 1. The molecule has 0 N–H and O–H groups in total. The predicted octanol–water partition coefficient (Wildman–Crippen LogP) is 4.04. The monoisotopic (exact) mass is 377 g/mol. The first-order valence-electron chi connectivity index (χ1n) is 8.83. The van der Waals surface area contributed by atoms with Gasteiger partial charge in [0.2, 0.25) is 7.29 Å². The zero-order valence-corrected chi connectivity index (χ0v) is 15.9. The van der Waals surface area contributed by atoms with Gasteiger partial charge < -0.3 is 9.41 Å². The predicted molar refractivity (Wildman–Crippen MR) is 108 cm³/mol. The molecule has 0 aromatic heterocycles. The number of ether oxygens (including phenoxy) is 1. The van der Waals surface area contributed by atoms with Crippen LogP contribution in [0.2, 0.25) is 0 Å². The zero-order valence-electron chi connectivity index (χ0n) is 15.0. The van der Waals surface area contributed by atoms with Crippen molar-refractivity contribution in [2.24, 2.45) is 0 Å². The Kier molecular flexibility index (Phi) is 4.59. The first kappa shape index (κ1) is 17.6. The van der Waals surface area contributed by atoms with Gasteiger partial charge in [0.05, 0.1) is 19.6 Å². The standard InChI is InChI=1S/C22H20NO3P/c1-26-22(24)16-20-19-14-8-9-15-21(19)27(25,18-12-6-3-7-13-18)23(20)17-10-4-2-5-11-17/h2-15,20H,16H2,1H3. The molecule has 0 saturated carbocycles. The van der Waals surface area contributed by atoms with E-state index in [2.05, 4.69) is 0 Å². The van der Waals surface area contributed by atoms with Gasteiger partial charge in [-0.05, 0) is 35.9 Å². The van der Waals surface area contributed by atoms with Crippen LogP contribution in [0.1, 0.15) is 18.0 Å². The van der Waals surface area contributed by atoms with Crippen LogP contribution in [0.3, 0.4) is 0 Å². The summed E-state index contributed by atoms with van der Waals surface area (Å²) in [6.07, 6.45) is 0.138. The summed E-state index contributed by atoms with van der Waals surface area (Å²) in [6.45, 7) is 0. The van der Waals surface area contributed by atoms with Crippen molar-refractivity contribution >= 4 is 29.6 Å². The highest BCUT2D eigenvalue weighted by Crippen LogP contribution is 2.60. The highest BCUT2D eigenvalue weighted by Gasteiger charge is 2.48. The number of hydrogen-bond acceptors (Lipinski definition) is 3. The van der Waals surface area contributed by atoms with Crippen molar-refractivity contribution in [1.29, 1.82) is 0 Å². The topological polar surface area (TPSA) is 46.6 Å². The molecule has 0 radical (unpaired) electrons. The van der Waals surface area contributed by atoms with E-state index in [9.17, 15) is 9.36 Å². The molecule has 0 fully saturated rings. The minimum atomic E-state index is -3.14. The first-order chi connectivity index (χ1) is 13.2. The van der Waals surface area contributed by atoms with E-state index >= 15 is 0 Å². The average Bonchev–Trinajstić information content (AvgIpc) is 2.99. The van der Waals surface area contributed by atoms with Crippen molar-refractivity contribution in [1.82, 2.24) is 0 Å². The van der Waals surface area contributed by atoms with E-state index in [1.54, 1.807) is 0 Å². The number of rotatable bonds is 4. The van der Waals surface area contributed by atoms with Gasteiger partial charge in [0, 0.05) is 16.3 Å². The molecule has 0 saturated heterocycles. The van der Waals surface area contributed by atoms with Crippen molar-refractivity contribution in [3.63, 3.8) is 0 Å². The van der Waals surface area contributed by atoms with E-state index in [1.807, 2.05) is 89.6 Å². The molecule has 0 aliphatic carbocycles. The number of fused-ring (bicyclic) bond motifs is 1. The lowest BCUT2D eigenvalue weighted by molar-refractivity contribution is -0.141. The molecule has 0 bridgehead atoms. The molecule has 4 rings (SSSR count). The van der Waals surface area contributed by atoms with Gasteiger partial charge in [0.25, 0.3) is 0 Å². The second-order valence-electron chi connectivity index (χ2n) is 6.45. The number of nitrogens with zero attached hydrogens (tertiary/aromatic N) is 1. The largest absolute Gasteiger partial charge is 0.469 e. The summed E-state index contributed by atoms with van der Waals surface area (Å²) in [5.74, 6) is -0.322. The number of anilines is 1. The molecule has 0 spiro atoms. The Morgan fingerprint density at radius 2 is 1.52 bits per heavy atom. The van der Waals surface area contributed by atoms with E-state index in [0.29, 0.717) is 0 Å². The number of methoxy groups -OCH3 is 1. The van der Waals surface area contributed by atoms with Crippen LogP contribution in [0, 0.1) is 0 Å². The van der Waals surface area contributed by atoms with Crippen LogP contribution < -0.4 is 15.3 Å². The van der Waals surface area contributed by atoms with E-state index in [0.717, 1.165) is 21.9 Å². The number of hydrogen-bond donors (Lipinski definition) is 0. The summed E-state index contributed by atoms with van der Waals surface area (Å²) < 4.78 is 21.5. The molecule has 1 aliphatic rings. The smallest absolute Gasteiger partial charge is 0.307 e. The van der Waals surface area contributed by atoms with Gasteiger partial charge in [0.1, 0.15) is 0 Å². The summed E-state index contributed by atoms with van der Waals surface area (Å²) in [4.78, 5) is 12.2.